The van der Waals surface area contributed by atoms with E-state index in [9.17, 15) is 4.39 Å². The second-order valence-corrected chi connectivity index (χ2v) is 6.29. The van der Waals surface area contributed by atoms with Crippen LogP contribution in [0.1, 0.15) is 40.2 Å². The van der Waals surface area contributed by atoms with Gasteiger partial charge >= 0.3 is 7.12 Å². The topological polar surface area (TPSA) is 27.7 Å². The highest BCUT2D eigenvalue weighted by molar-refractivity contribution is 6.55. The zero-order valence-corrected chi connectivity index (χ0v) is 13.5. The second kappa shape index (κ2) is 5.46. The molecule has 5 heteroatoms. The first-order valence-corrected chi connectivity index (χ1v) is 7.04. The highest BCUT2D eigenvalue weighted by Gasteiger charge is 2.53. The molecule has 1 fully saturated rings. The average Bonchev–Trinajstić information content (AvgIpc) is 2.66. The minimum atomic E-state index is -0.971. The van der Waals surface area contributed by atoms with Crippen molar-refractivity contribution in [2.75, 3.05) is 7.11 Å². The van der Waals surface area contributed by atoms with Gasteiger partial charge in [0.1, 0.15) is 11.5 Å². The van der Waals surface area contributed by atoms with Gasteiger partial charge in [-0.3, -0.25) is 0 Å². The van der Waals surface area contributed by atoms with Gasteiger partial charge < -0.3 is 14.0 Å². The summed E-state index contributed by atoms with van der Waals surface area (Å²) in [5.74, 6) is 0.688. The van der Waals surface area contributed by atoms with E-state index in [2.05, 4.69) is 0 Å². The fraction of sp³-hybridized carbons (Fsp3) is 0.500. The van der Waals surface area contributed by atoms with Gasteiger partial charge in [0, 0.05) is 0 Å². The van der Waals surface area contributed by atoms with Crippen LogP contribution in [0.4, 0.5) is 4.39 Å². The summed E-state index contributed by atoms with van der Waals surface area (Å²) >= 11 is 0. The molecule has 1 aliphatic rings. The number of methoxy groups -OCH3 is 1. The van der Waals surface area contributed by atoms with Gasteiger partial charge in [-0.05, 0) is 57.9 Å². The molecule has 2 rings (SSSR count). The molecule has 1 aromatic carbocycles. The summed E-state index contributed by atoms with van der Waals surface area (Å²) in [6.45, 7) is 9.33. The van der Waals surface area contributed by atoms with Crippen LogP contribution >= 0.6 is 0 Å². The number of benzene rings is 1. The summed E-state index contributed by atoms with van der Waals surface area (Å²) in [5, 5.41) is 0. The maximum Gasteiger partial charge on any atom is 0.525 e. The Morgan fingerprint density at radius 2 is 1.71 bits per heavy atom. The molecule has 1 aromatic rings. The Bertz CT molecular complexity index is 550. The highest BCUT2D eigenvalue weighted by Crippen LogP contribution is 2.40. The fourth-order valence-electron chi connectivity index (χ4n) is 2.12. The highest BCUT2D eigenvalue weighted by atomic mass is 19.1. The SMILES string of the molecule is COc1cccc(C(C)=C(F)B2OC(C)(C)C(C)(C)O2)c1. The van der Waals surface area contributed by atoms with Crippen molar-refractivity contribution in [1.29, 1.82) is 0 Å². The van der Waals surface area contributed by atoms with Crippen molar-refractivity contribution in [2.24, 2.45) is 0 Å². The first-order chi connectivity index (χ1) is 9.68. The Kier molecular flexibility index (Phi) is 4.18. The Morgan fingerprint density at radius 1 is 1.14 bits per heavy atom. The first-order valence-electron chi connectivity index (χ1n) is 7.04. The van der Waals surface area contributed by atoms with Gasteiger partial charge in [-0.25, -0.2) is 4.39 Å². The lowest BCUT2D eigenvalue weighted by Crippen LogP contribution is -2.41. The van der Waals surface area contributed by atoms with E-state index in [4.69, 9.17) is 14.0 Å². The maximum absolute atomic E-state index is 14.7. The molecule has 0 atom stereocenters. The van der Waals surface area contributed by atoms with Crippen LogP contribution in [0.5, 0.6) is 5.75 Å². The van der Waals surface area contributed by atoms with Crippen LogP contribution in [0.2, 0.25) is 0 Å². The van der Waals surface area contributed by atoms with Crippen LogP contribution in [-0.4, -0.2) is 25.4 Å². The Labute approximate surface area is 126 Å². The van der Waals surface area contributed by atoms with Crippen molar-refractivity contribution >= 4 is 12.7 Å². The summed E-state index contributed by atoms with van der Waals surface area (Å²) < 4.78 is 31.3. The van der Waals surface area contributed by atoms with Crippen LogP contribution in [-0.2, 0) is 9.31 Å². The van der Waals surface area contributed by atoms with Crippen molar-refractivity contribution in [2.45, 2.75) is 45.8 Å². The first kappa shape index (κ1) is 16.1. The molecule has 1 saturated heterocycles. The molecule has 0 spiro atoms. The summed E-state index contributed by atoms with van der Waals surface area (Å²) in [5.41, 5.74) is -0.260. The van der Waals surface area contributed by atoms with Crippen molar-refractivity contribution in [3.8, 4) is 5.75 Å². The zero-order valence-electron chi connectivity index (χ0n) is 13.5. The molecule has 0 aromatic heterocycles. The third-order valence-electron chi connectivity index (χ3n) is 4.32. The molecule has 1 heterocycles. The number of rotatable bonds is 3. The van der Waals surface area contributed by atoms with Crippen LogP contribution in [0.25, 0.3) is 5.57 Å². The smallest absolute Gasteiger partial charge is 0.497 e. The third-order valence-corrected chi connectivity index (χ3v) is 4.32. The van der Waals surface area contributed by atoms with E-state index in [-0.39, 0.29) is 0 Å². The van der Waals surface area contributed by atoms with E-state index in [1.807, 2.05) is 45.9 Å². The lowest BCUT2D eigenvalue weighted by Gasteiger charge is -2.32. The molecule has 0 unspecified atom stereocenters. The molecular formula is C16H22BFO3. The second-order valence-electron chi connectivity index (χ2n) is 6.29. The average molecular weight is 292 g/mol. The maximum atomic E-state index is 14.7. The van der Waals surface area contributed by atoms with Gasteiger partial charge in [-0.15, -0.1) is 0 Å². The third kappa shape index (κ3) is 2.99. The Hall–Kier alpha value is -1.33. The van der Waals surface area contributed by atoms with Crippen LogP contribution in [0, 0.1) is 0 Å². The van der Waals surface area contributed by atoms with E-state index in [1.165, 1.54) is 0 Å². The summed E-state index contributed by atoms with van der Waals surface area (Å²) in [7, 11) is 0.615. The van der Waals surface area contributed by atoms with Crippen molar-refractivity contribution in [3.05, 3.63) is 35.6 Å². The molecule has 0 aliphatic carbocycles. The predicted octanol–water partition coefficient (Wildman–Crippen LogP) is 4.03. The lowest BCUT2D eigenvalue weighted by molar-refractivity contribution is 0.00578. The van der Waals surface area contributed by atoms with Gasteiger partial charge in [-0.1, -0.05) is 12.1 Å². The normalized spacial score (nSPS) is 21.2. The number of halogens is 1. The lowest BCUT2D eigenvalue weighted by atomic mass is 9.83. The molecule has 0 radical (unpaired) electrons. The molecule has 0 bridgehead atoms. The standard InChI is InChI=1S/C16H22BFO3/c1-11(12-8-7-9-13(10-12)19-6)14(18)17-20-15(2,3)16(4,5)21-17/h7-10H,1-6H3. The predicted molar refractivity (Wildman–Crippen MR) is 82.8 cm³/mol. The van der Waals surface area contributed by atoms with Crippen LogP contribution in [0.15, 0.2) is 30.0 Å². The van der Waals surface area contributed by atoms with Crippen molar-refractivity contribution in [3.63, 3.8) is 0 Å². The van der Waals surface area contributed by atoms with E-state index in [0.29, 0.717) is 11.3 Å². The van der Waals surface area contributed by atoms with Crippen molar-refractivity contribution in [1.82, 2.24) is 0 Å². The fourth-order valence-corrected chi connectivity index (χ4v) is 2.12. The molecule has 0 amide bonds. The molecule has 1 aliphatic heterocycles. The van der Waals surface area contributed by atoms with E-state index in [0.717, 1.165) is 5.56 Å². The van der Waals surface area contributed by atoms with E-state index < -0.39 is 24.0 Å². The zero-order chi connectivity index (χ0) is 15.8. The van der Waals surface area contributed by atoms with Crippen LogP contribution in [0.3, 0.4) is 0 Å². The van der Waals surface area contributed by atoms with Gasteiger partial charge in [0.2, 0.25) is 0 Å². The molecule has 3 nitrogen and oxygen atoms in total. The summed E-state index contributed by atoms with van der Waals surface area (Å²) in [6, 6.07) is 7.28. The molecule has 0 N–H and O–H groups in total. The number of hydrogen-bond acceptors (Lipinski definition) is 3. The monoisotopic (exact) mass is 292 g/mol. The number of hydrogen-bond donors (Lipinski definition) is 0. The molecule has 0 saturated carbocycles. The largest absolute Gasteiger partial charge is 0.525 e. The Balaban J connectivity index is 2.31. The summed E-state index contributed by atoms with van der Waals surface area (Å²) in [6.07, 6.45) is 0. The van der Waals surface area contributed by atoms with Crippen LogP contribution < -0.4 is 4.74 Å². The van der Waals surface area contributed by atoms with Gasteiger partial charge in [-0.2, -0.15) is 0 Å². The summed E-state index contributed by atoms with van der Waals surface area (Å²) in [4.78, 5) is 0. The van der Waals surface area contributed by atoms with Gasteiger partial charge in [0.25, 0.3) is 0 Å². The molecule has 21 heavy (non-hydrogen) atoms. The van der Waals surface area contributed by atoms with E-state index >= 15 is 0 Å². The van der Waals surface area contributed by atoms with Gasteiger partial charge in [0.15, 0.2) is 0 Å². The minimum Gasteiger partial charge on any atom is -0.497 e. The quantitative estimate of drug-likeness (QED) is 0.787. The van der Waals surface area contributed by atoms with Gasteiger partial charge in [0.05, 0.1) is 18.3 Å². The molecule has 114 valence electrons. The molecular weight excluding hydrogens is 270 g/mol. The number of ether oxygens (including phenoxy) is 1. The van der Waals surface area contributed by atoms with Crippen molar-refractivity contribution < 1.29 is 18.4 Å². The minimum absolute atomic E-state index is 0.401. The Morgan fingerprint density at radius 3 is 2.24 bits per heavy atom. The number of allylic oxidation sites excluding steroid dienone is 1. The van der Waals surface area contributed by atoms with E-state index in [1.54, 1.807) is 20.1 Å².